The number of hydrogen-bond donors (Lipinski definition) is 2. The Morgan fingerprint density at radius 2 is 1.44 bits per heavy atom. The van der Waals surface area contributed by atoms with Crippen molar-refractivity contribution in [2.24, 2.45) is 0 Å². The first-order valence-corrected chi connectivity index (χ1v) is 8.87. The zero-order valence-electron chi connectivity index (χ0n) is 11.8. The van der Waals surface area contributed by atoms with Crippen LogP contribution in [0.15, 0.2) is 0 Å². The van der Waals surface area contributed by atoms with Gasteiger partial charge < -0.3 is 14.5 Å². The average molecular weight is 280 g/mol. The standard InChI is InChI=1S/C13H29O4P/c1-3-5-6-7-8-9-10-11-12-13(17-4-2)18(14,15)16/h13H,3-12H2,1-2H3,(H2,14,15,16). The molecule has 0 aromatic heterocycles. The largest absolute Gasteiger partial charge is 0.366 e. The van der Waals surface area contributed by atoms with Gasteiger partial charge in [-0.05, 0) is 13.3 Å². The van der Waals surface area contributed by atoms with Crippen LogP contribution in [0.5, 0.6) is 0 Å². The first kappa shape index (κ1) is 18.1. The Bertz CT molecular complexity index is 227. The van der Waals surface area contributed by atoms with Gasteiger partial charge in [0.25, 0.3) is 0 Å². The van der Waals surface area contributed by atoms with Crippen molar-refractivity contribution < 1.29 is 19.1 Å². The molecule has 110 valence electrons. The number of rotatable bonds is 12. The molecule has 0 bridgehead atoms. The summed E-state index contributed by atoms with van der Waals surface area (Å²) < 4.78 is 16.2. The summed E-state index contributed by atoms with van der Waals surface area (Å²) in [4.78, 5) is 18.2. The zero-order valence-corrected chi connectivity index (χ0v) is 12.7. The van der Waals surface area contributed by atoms with Gasteiger partial charge in [0.05, 0.1) is 0 Å². The van der Waals surface area contributed by atoms with E-state index in [4.69, 9.17) is 14.5 Å². The van der Waals surface area contributed by atoms with Crippen LogP contribution in [0.1, 0.15) is 71.6 Å². The first-order valence-electron chi connectivity index (χ1n) is 7.19. The lowest BCUT2D eigenvalue weighted by atomic mass is 10.1. The molecule has 0 heterocycles. The van der Waals surface area contributed by atoms with E-state index >= 15 is 0 Å². The van der Waals surface area contributed by atoms with Gasteiger partial charge >= 0.3 is 7.60 Å². The molecule has 0 saturated carbocycles. The van der Waals surface area contributed by atoms with Crippen LogP contribution >= 0.6 is 7.60 Å². The molecule has 0 aliphatic carbocycles. The zero-order chi connectivity index (χ0) is 13.9. The SMILES string of the molecule is CCCCCCCCCCC(OCC)P(=O)(O)O. The molecule has 5 heteroatoms. The molecule has 0 aliphatic rings. The Morgan fingerprint density at radius 1 is 0.944 bits per heavy atom. The molecule has 4 nitrogen and oxygen atoms in total. The summed E-state index contributed by atoms with van der Waals surface area (Å²) in [6.45, 7) is 4.32. The van der Waals surface area contributed by atoms with Gasteiger partial charge in [0, 0.05) is 6.61 Å². The van der Waals surface area contributed by atoms with Crippen molar-refractivity contribution in [3.8, 4) is 0 Å². The highest BCUT2D eigenvalue weighted by Crippen LogP contribution is 2.44. The fourth-order valence-corrected chi connectivity index (χ4v) is 2.86. The van der Waals surface area contributed by atoms with Crippen molar-refractivity contribution in [1.29, 1.82) is 0 Å². The van der Waals surface area contributed by atoms with Crippen LogP contribution in [-0.2, 0) is 9.30 Å². The van der Waals surface area contributed by atoms with Crippen LogP contribution < -0.4 is 0 Å². The van der Waals surface area contributed by atoms with Crippen molar-refractivity contribution in [3.05, 3.63) is 0 Å². The molecular weight excluding hydrogens is 251 g/mol. The second-order valence-corrected chi connectivity index (χ2v) is 6.52. The molecule has 18 heavy (non-hydrogen) atoms. The van der Waals surface area contributed by atoms with E-state index in [1.54, 1.807) is 6.92 Å². The summed E-state index contributed by atoms with van der Waals surface area (Å²) in [5, 5.41) is 0. The van der Waals surface area contributed by atoms with Crippen molar-refractivity contribution in [1.82, 2.24) is 0 Å². The maximum atomic E-state index is 11.1. The second kappa shape index (κ2) is 11.0. The monoisotopic (exact) mass is 280 g/mol. The minimum atomic E-state index is -4.08. The first-order chi connectivity index (χ1) is 8.52. The van der Waals surface area contributed by atoms with Gasteiger partial charge in [-0.25, -0.2) is 0 Å². The maximum absolute atomic E-state index is 11.1. The quantitative estimate of drug-likeness (QED) is 0.418. The topological polar surface area (TPSA) is 66.8 Å². The van der Waals surface area contributed by atoms with E-state index in [1.165, 1.54) is 32.1 Å². The minimum absolute atomic E-state index is 0.354. The predicted molar refractivity (Wildman–Crippen MR) is 74.7 cm³/mol. The number of hydrogen-bond acceptors (Lipinski definition) is 2. The Morgan fingerprint density at radius 3 is 1.89 bits per heavy atom. The summed E-state index contributed by atoms with van der Waals surface area (Å²) in [5.74, 6) is -0.900. The summed E-state index contributed by atoms with van der Waals surface area (Å²) >= 11 is 0. The smallest absolute Gasteiger partial charge is 0.354 e. The normalized spacial score (nSPS) is 13.8. The van der Waals surface area contributed by atoms with Crippen LogP contribution in [0.25, 0.3) is 0 Å². The van der Waals surface area contributed by atoms with Crippen LogP contribution in [-0.4, -0.2) is 22.2 Å². The van der Waals surface area contributed by atoms with Crippen LogP contribution in [0, 0.1) is 0 Å². The van der Waals surface area contributed by atoms with Gasteiger partial charge in [-0.1, -0.05) is 58.3 Å². The second-order valence-electron chi connectivity index (χ2n) is 4.76. The summed E-state index contributed by atoms with van der Waals surface area (Å²) in [5.41, 5.74) is 0. The summed E-state index contributed by atoms with van der Waals surface area (Å²) in [7, 11) is -4.08. The van der Waals surface area contributed by atoms with Gasteiger partial charge in [-0.2, -0.15) is 0 Å². The Balaban J connectivity index is 3.53. The lowest BCUT2D eigenvalue weighted by molar-refractivity contribution is 0.0883. The van der Waals surface area contributed by atoms with E-state index in [-0.39, 0.29) is 0 Å². The highest BCUT2D eigenvalue weighted by Gasteiger charge is 2.28. The molecule has 0 saturated heterocycles. The van der Waals surface area contributed by atoms with Gasteiger partial charge in [-0.3, -0.25) is 4.57 Å². The van der Waals surface area contributed by atoms with Crippen LogP contribution in [0.4, 0.5) is 0 Å². The molecule has 0 spiro atoms. The molecule has 0 rings (SSSR count). The van der Waals surface area contributed by atoms with Crippen LogP contribution in [0.3, 0.4) is 0 Å². The third-order valence-corrected chi connectivity index (χ3v) is 4.20. The van der Waals surface area contributed by atoms with E-state index in [1.807, 2.05) is 0 Å². The molecule has 0 radical (unpaired) electrons. The molecule has 1 atom stereocenters. The van der Waals surface area contributed by atoms with E-state index in [9.17, 15) is 4.57 Å². The number of unbranched alkanes of at least 4 members (excludes halogenated alkanes) is 7. The minimum Gasteiger partial charge on any atom is -0.366 e. The molecule has 0 fully saturated rings. The molecule has 0 aromatic rings. The third-order valence-electron chi connectivity index (χ3n) is 3.04. The van der Waals surface area contributed by atoms with E-state index in [2.05, 4.69) is 6.92 Å². The number of ether oxygens (including phenoxy) is 1. The van der Waals surface area contributed by atoms with Crippen molar-refractivity contribution in [2.45, 2.75) is 77.5 Å². The highest BCUT2D eigenvalue weighted by molar-refractivity contribution is 7.52. The Labute approximate surface area is 111 Å². The fourth-order valence-electron chi connectivity index (χ4n) is 1.99. The predicted octanol–water partition coefficient (Wildman–Crippen LogP) is 4.06. The van der Waals surface area contributed by atoms with Crippen molar-refractivity contribution >= 4 is 7.60 Å². The lowest BCUT2D eigenvalue weighted by Gasteiger charge is -2.17. The van der Waals surface area contributed by atoms with E-state index < -0.39 is 13.4 Å². The van der Waals surface area contributed by atoms with E-state index in [0.29, 0.717) is 13.0 Å². The van der Waals surface area contributed by atoms with Crippen molar-refractivity contribution in [3.63, 3.8) is 0 Å². The molecule has 1 unspecified atom stereocenters. The summed E-state index contributed by atoms with van der Waals surface area (Å²) in [6.07, 6.45) is 9.88. The third kappa shape index (κ3) is 10.1. The molecule has 0 aromatic carbocycles. The maximum Gasteiger partial charge on any atom is 0.354 e. The lowest BCUT2D eigenvalue weighted by Crippen LogP contribution is -2.13. The van der Waals surface area contributed by atoms with Gasteiger partial charge in [0.15, 0.2) is 5.85 Å². The average Bonchev–Trinajstić information content (AvgIpc) is 2.30. The molecule has 0 aliphatic heterocycles. The molecule has 0 amide bonds. The molecular formula is C13H29O4P. The summed E-state index contributed by atoms with van der Waals surface area (Å²) in [6, 6.07) is 0. The van der Waals surface area contributed by atoms with Crippen molar-refractivity contribution in [2.75, 3.05) is 6.61 Å². The highest BCUT2D eigenvalue weighted by atomic mass is 31.2. The van der Waals surface area contributed by atoms with Gasteiger partial charge in [0.2, 0.25) is 0 Å². The molecule has 2 N–H and O–H groups in total. The Kier molecular flexibility index (Phi) is 11.0. The van der Waals surface area contributed by atoms with Gasteiger partial charge in [0.1, 0.15) is 0 Å². The Hall–Kier alpha value is 0.110. The van der Waals surface area contributed by atoms with E-state index in [0.717, 1.165) is 19.3 Å². The van der Waals surface area contributed by atoms with Crippen LogP contribution in [0.2, 0.25) is 0 Å². The van der Waals surface area contributed by atoms with Gasteiger partial charge in [-0.15, -0.1) is 0 Å². The fraction of sp³-hybridized carbons (Fsp3) is 1.00.